The van der Waals surface area contributed by atoms with Gasteiger partial charge in [0, 0.05) is 30.3 Å². The van der Waals surface area contributed by atoms with Crippen molar-refractivity contribution in [3.8, 4) is 11.4 Å². The van der Waals surface area contributed by atoms with Crippen LogP contribution in [-0.2, 0) is 17.0 Å². The fourth-order valence-corrected chi connectivity index (χ4v) is 4.67. The van der Waals surface area contributed by atoms with Crippen molar-refractivity contribution in [2.45, 2.75) is 43.6 Å². The third kappa shape index (κ3) is 4.94. The number of imide groups is 1. The van der Waals surface area contributed by atoms with Gasteiger partial charge in [0.15, 0.2) is 5.16 Å². The minimum atomic E-state index is -0.480. The van der Waals surface area contributed by atoms with Crippen molar-refractivity contribution in [2.24, 2.45) is 0 Å². The van der Waals surface area contributed by atoms with Gasteiger partial charge in [0.25, 0.3) is 0 Å². The number of nitrogens with one attached hydrogen (secondary N) is 2. The second-order valence-electron chi connectivity index (χ2n) is 7.78. The van der Waals surface area contributed by atoms with Crippen molar-refractivity contribution in [3.05, 3.63) is 65.0 Å². The maximum atomic E-state index is 11.8. The summed E-state index contributed by atoms with van der Waals surface area (Å²) in [5, 5.41) is 14.6. The molecule has 8 nitrogen and oxygen atoms in total. The molecule has 1 aromatic heterocycles. The number of methoxy groups -OCH3 is 1. The first kappa shape index (κ1) is 21.9. The molecule has 0 aliphatic carbocycles. The highest BCUT2D eigenvalue weighted by atomic mass is 32.2. The van der Waals surface area contributed by atoms with Gasteiger partial charge in [0.05, 0.1) is 7.11 Å². The smallest absolute Gasteiger partial charge is 0.321 e. The van der Waals surface area contributed by atoms with Crippen molar-refractivity contribution < 1.29 is 14.3 Å². The molecule has 0 saturated carbocycles. The summed E-state index contributed by atoms with van der Waals surface area (Å²) in [5.74, 6) is 1.89. The summed E-state index contributed by atoms with van der Waals surface area (Å²) in [6, 6.07) is 13.3. The van der Waals surface area contributed by atoms with Gasteiger partial charge in [-0.3, -0.25) is 14.7 Å². The number of carbonyl (C=O) groups excluding carboxylic acids is 2. The minimum Gasteiger partial charge on any atom is -0.497 e. The van der Waals surface area contributed by atoms with Crippen LogP contribution in [0.2, 0.25) is 0 Å². The van der Waals surface area contributed by atoms with Crippen molar-refractivity contribution in [1.82, 2.24) is 25.4 Å². The Bertz CT molecular complexity index is 1130. The zero-order valence-electron chi connectivity index (χ0n) is 18.2. The summed E-state index contributed by atoms with van der Waals surface area (Å²) >= 11 is 1.60. The van der Waals surface area contributed by atoms with E-state index in [9.17, 15) is 9.59 Å². The molecule has 1 aliphatic rings. The molecule has 1 fully saturated rings. The van der Waals surface area contributed by atoms with Crippen LogP contribution in [-0.4, -0.2) is 39.9 Å². The second-order valence-corrected chi connectivity index (χ2v) is 8.72. The van der Waals surface area contributed by atoms with Gasteiger partial charge in [0.2, 0.25) is 5.91 Å². The maximum Gasteiger partial charge on any atom is 0.321 e. The predicted octanol–water partition coefficient (Wildman–Crippen LogP) is 3.33. The molecule has 1 unspecified atom stereocenters. The summed E-state index contributed by atoms with van der Waals surface area (Å²) < 4.78 is 7.26. The molecule has 3 amide bonds. The van der Waals surface area contributed by atoms with Crippen LogP contribution in [0.3, 0.4) is 0 Å². The molecule has 3 aromatic rings. The molecule has 0 bridgehead atoms. The maximum absolute atomic E-state index is 11.8. The Kier molecular flexibility index (Phi) is 6.45. The average Bonchev–Trinajstić information content (AvgIpc) is 3.16. The fourth-order valence-electron chi connectivity index (χ4n) is 3.63. The molecular weight excluding hydrogens is 426 g/mol. The highest BCUT2D eigenvalue weighted by Crippen LogP contribution is 2.28. The number of nitrogens with zero attached hydrogens (tertiary/aromatic N) is 3. The Labute approximate surface area is 190 Å². The fraction of sp³-hybridized carbons (Fsp3) is 0.304. The van der Waals surface area contributed by atoms with Gasteiger partial charge >= 0.3 is 6.03 Å². The molecule has 2 N–H and O–H groups in total. The number of amides is 3. The van der Waals surface area contributed by atoms with E-state index in [1.807, 2.05) is 28.8 Å². The summed E-state index contributed by atoms with van der Waals surface area (Å²) in [5.41, 5.74) is 4.59. The van der Waals surface area contributed by atoms with Gasteiger partial charge < -0.3 is 10.1 Å². The summed E-state index contributed by atoms with van der Waals surface area (Å²) in [4.78, 5) is 23.5. The number of aryl methyl sites for hydroxylation is 2. The lowest BCUT2D eigenvalue weighted by atomic mass is 10.1. The van der Waals surface area contributed by atoms with Crippen molar-refractivity contribution in [3.63, 3.8) is 0 Å². The topological polar surface area (TPSA) is 98.1 Å². The van der Waals surface area contributed by atoms with Crippen LogP contribution < -0.4 is 15.4 Å². The van der Waals surface area contributed by atoms with Crippen LogP contribution in [0.4, 0.5) is 4.79 Å². The quantitative estimate of drug-likeness (QED) is 0.535. The van der Waals surface area contributed by atoms with Gasteiger partial charge in [-0.15, -0.1) is 10.2 Å². The third-order valence-corrected chi connectivity index (χ3v) is 6.32. The zero-order valence-corrected chi connectivity index (χ0v) is 19.0. The molecule has 1 aliphatic heterocycles. The van der Waals surface area contributed by atoms with Crippen molar-refractivity contribution in [2.75, 3.05) is 7.11 Å². The lowest BCUT2D eigenvalue weighted by molar-refractivity contribution is -0.121. The normalized spacial score (nSPS) is 15.9. The van der Waals surface area contributed by atoms with E-state index in [2.05, 4.69) is 52.9 Å². The van der Waals surface area contributed by atoms with Gasteiger partial charge in [-0.25, -0.2) is 4.79 Å². The molecule has 166 valence electrons. The molecule has 0 radical (unpaired) electrons. The molecule has 32 heavy (non-hydrogen) atoms. The number of rotatable bonds is 7. The van der Waals surface area contributed by atoms with E-state index in [0.29, 0.717) is 12.2 Å². The number of benzene rings is 2. The molecule has 4 rings (SSSR count). The van der Waals surface area contributed by atoms with E-state index in [4.69, 9.17) is 4.74 Å². The number of hydrogen-bond acceptors (Lipinski definition) is 6. The van der Waals surface area contributed by atoms with Crippen LogP contribution in [0.5, 0.6) is 5.75 Å². The van der Waals surface area contributed by atoms with Crippen molar-refractivity contribution in [1.29, 1.82) is 0 Å². The summed E-state index contributed by atoms with van der Waals surface area (Å²) in [6.45, 7) is 4.19. The molecule has 2 heterocycles. The monoisotopic (exact) mass is 451 g/mol. The number of ether oxygens (including phenoxy) is 1. The number of urea groups is 1. The van der Waals surface area contributed by atoms with Crippen LogP contribution in [0.15, 0.2) is 47.6 Å². The van der Waals surface area contributed by atoms with Crippen LogP contribution in [0.1, 0.15) is 28.9 Å². The molecular formula is C23H25N5O3S. The van der Waals surface area contributed by atoms with Crippen molar-refractivity contribution >= 4 is 23.7 Å². The molecule has 1 saturated heterocycles. The number of aromatic nitrogens is 3. The SMILES string of the molecule is COc1ccc(-n2c(CC3CC(=O)NC(=O)N3)nnc2SCc2cc(C)ccc2C)cc1. The van der Waals surface area contributed by atoms with E-state index >= 15 is 0 Å². The first-order valence-electron chi connectivity index (χ1n) is 10.3. The Balaban J connectivity index is 1.64. The van der Waals surface area contributed by atoms with Gasteiger partial charge in [-0.05, 0) is 49.2 Å². The Morgan fingerprint density at radius 3 is 2.62 bits per heavy atom. The van der Waals surface area contributed by atoms with E-state index < -0.39 is 6.03 Å². The highest BCUT2D eigenvalue weighted by molar-refractivity contribution is 7.98. The lowest BCUT2D eigenvalue weighted by Crippen LogP contribution is -2.53. The van der Waals surface area contributed by atoms with E-state index in [-0.39, 0.29) is 18.4 Å². The van der Waals surface area contributed by atoms with Crippen LogP contribution in [0.25, 0.3) is 5.69 Å². The van der Waals surface area contributed by atoms with Gasteiger partial charge in [-0.2, -0.15) is 0 Å². The Hall–Kier alpha value is -3.33. The Morgan fingerprint density at radius 1 is 1.12 bits per heavy atom. The number of thioether (sulfide) groups is 1. The van der Waals surface area contributed by atoms with E-state index in [1.165, 1.54) is 16.7 Å². The largest absolute Gasteiger partial charge is 0.497 e. The number of hydrogen-bond donors (Lipinski definition) is 2. The second kappa shape index (κ2) is 9.44. The van der Waals surface area contributed by atoms with E-state index in [1.54, 1.807) is 18.9 Å². The molecule has 0 spiro atoms. The van der Waals surface area contributed by atoms with Gasteiger partial charge in [0.1, 0.15) is 11.6 Å². The average molecular weight is 452 g/mol. The standard InChI is InChI=1S/C23H25N5O3S/c1-14-4-5-15(2)16(10-14)13-32-23-27-26-20(11-17-12-21(29)25-22(30)24-17)28(23)18-6-8-19(31-3)9-7-18/h4-10,17H,11-13H2,1-3H3,(H2,24,25,29,30). The van der Waals surface area contributed by atoms with Crippen LogP contribution in [0, 0.1) is 13.8 Å². The first-order chi connectivity index (χ1) is 15.4. The third-order valence-electron chi connectivity index (χ3n) is 5.34. The highest BCUT2D eigenvalue weighted by Gasteiger charge is 2.26. The Morgan fingerprint density at radius 2 is 1.91 bits per heavy atom. The predicted molar refractivity (Wildman–Crippen MR) is 122 cm³/mol. The summed E-state index contributed by atoms with van der Waals surface area (Å²) in [6.07, 6.45) is 0.592. The lowest BCUT2D eigenvalue weighted by Gasteiger charge is -2.23. The molecule has 1 atom stereocenters. The zero-order chi connectivity index (χ0) is 22.7. The minimum absolute atomic E-state index is 0.201. The number of carbonyl (C=O) groups is 2. The van der Waals surface area contributed by atoms with Gasteiger partial charge in [-0.1, -0.05) is 35.5 Å². The first-order valence-corrected chi connectivity index (χ1v) is 11.3. The molecule has 9 heteroatoms. The van der Waals surface area contributed by atoms with Crippen LogP contribution >= 0.6 is 11.8 Å². The summed E-state index contributed by atoms with van der Waals surface area (Å²) in [7, 11) is 1.63. The molecule has 2 aromatic carbocycles. The van der Waals surface area contributed by atoms with E-state index in [0.717, 1.165) is 22.3 Å².